The fraction of sp³-hybridized carbons (Fsp3) is 0.357. The number of carbonyl (C=O) groups is 1. The van der Waals surface area contributed by atoms with Crippen LogP contribution in [-0.2, 0) is 12.2 Å². The average molecular weight is 327 g/mol. The molecule has 0 saturated carbocycles. The molecule has 1 heterocycles. The monoisotopic (exact) mass is 326 g/mol. The van der Waals surface area contributed by atoms with Gasteiger partial charge in [0.1, 0.15) is 0 Å². The maximum Gasteiger partial charge on any atom is 0.337 e. The molecule has 1 aromatic carbocycles. The zero-order valence-corrected chi connectivity index (χ0v) is 13.2. The molecule has 0 aliphatic rings. The molecule has 7 heteroatoms. The first-order chi connectivity index (χ1) is 9.95. The third-order valence-electron chi connectivity index (χ3n) is 2.63. The van der Waals surface area contributed by atoms with Gasteiger partial charge in [-0.3, -0.25) is 0 Å². The molecule has 21 heavy (non-hydrogen) atoms. The van der Waals surface area contributed by atoms with Gasteiger partial charge >= 0.3 is 5.97 Å². The zero-order valence-electron chi connectivity index (χ0n) is 11.7. The van der Waals surface area contributed by atoms with Gasteiger partial charge in [-0.05, 0) is 24.1 Å². The number of halogens is 1. The minimum atomic E-state index is -1.04. The van der Waals surface area contributed by atoms with Gasteiger partial charge < -0.3 is 9.63 Å². The van der Waals surface area contributed by atoms with E-state index in [1.807, 2.05) is 0 Å². The summed E-state index contributed by atoms with van der Waals surface area (Å²) in [5, 5.41) is 13.2. The van der Waals surface area contributed by atoms with E-state index in [0.717, 1.165) is 11.3 Å². The molecular weight excluding hydrogens is 312 g/mol. The van der Waals surface area contributed by atoms with Crippen LogP contribution in [0.1, 0.15) is 35.9 Å². The summed E-state index contributed by atoms with van der Waals surface area (Å²) in [6, 6.07) is 4.89. The second-order valence-corrected chi connectivity index (χ2v) is 6.39. The Hall–Kier alpha value is -1.53. The summed E-state index contributed by atoms with van der Waals surface area (Å²) in [5.41, 5.74) is 0.0905. The number of carboxylic acids is 1. The molecule has 0 amide bonds. The number of hydrogen-bond donors (Lipinski definition) is 1. The van der Waals surface area contributed by atoms with Crippen LogP contribution in [-0.4, -0.2) is 21.2 Å². The van der Waals surface area contributed by atoms with Crippen molar-refractivity contribution in [3.05, 3.63) is 40.5 Å². The molecule has 0 spiro atoms. The maximum absolute atomic E-state index is 11.0. The molecule has 0 bridgehead atoms. The van der Waals surface area contributed by atoms with E-state index < -0.39 is 5.97 Å². The van der Waals surface area contributed by atoms with E-state index in [4.69, 9.17) is 21.2 Å². The fourth-order valence-electron chi connectivity index (χ4n) is 1.70. The molecule has 0 aliphatic heterocycles. The van der Waals surface area contributed by atoms with Gasteiger partial charge in [0.05, 0.1) is 16.3 Å². The van der Waals surface area contributed by atoms with Crippen LogP contribution < -0.4 is 0 Å². The highest BCUT2D eigenvalue weighted by Gasteiger charge is 2.12. The van der Waals surface area contributed by atoms with E-state index in [1.54, 1.807) is 18.2 Å². The highest BCUT2D eigenvalue weighted by molar-refractivity contribution is 7.98. The summed E-state index contributed by atoms with van der Waals surface area (Å²) < 4.78 is 5.16. The third-order valence-corrected chi connectivity index (χ3v) is 3.94. The Labute approximate surface area is 131 Å². The Balaban J connectivity index is 2.01. The molecular formula is C14H15ClN2O3S. The second kappa shape index (κ2) is 6.95. The first-order valence-electron chi connectivity index (χ1n) is 6.43. The Kier molecular flexibility index (Phi) is 5.25. The first kappa shape index (κ1) is 15.9. The summed E-state index contributed by atoms with van der Waals surface area (Å²) >= 11 is 7.26. The Morgan fingerprint density at radius 2 is 2.24 bits per heavy atom. The number of benzene rings is 1. The number of aromatic carboxylic acids is 1. The van der Waals surface area contributed by atoms with Crippen molar-refractivity contribution >= 4 is 29.3 Å². The number of thioether (sulfide) groups is 1. The van der Waals surface area contributed by atoms with E-state index in [9.17, 15) is 4.79 Å². The lowest BCUT2D eigenvalue weighted by atomic mass is 10.1. The lowest BCUT2D eigenvalue weighted by Crippen LogP contribution is -1.97. The predicted octanol–water partition coefficient (Wildman–Crippen LogP) is 3.91. The smallest absolute Gasteiger partial charge is 0.337 e. The lowest BCUT2D eigenvalue weighted by molar-refractivity contribution is 0.0697. The molecule has 0 fully saturated rings. The molecule has 0 aliphatic carbocycles. The summed E-state index contributed by atoms with van der Waals surface area (Å²) in [6.45, 7) is 4.18. The largest absolute Gasteiger partial charge is 0.478 e. The van der Waals surface area contributed by atoms with Crippen molar-refractivity contribution in [1.29, 1.82) is 0 Å². The van der Waals surface area contributed by atoms with Crippen molar-refractivity contribution in [1.82, 2.24) is 10.1 Å². The minimum absolute atomic E-state index is 0.0905. The van der Waals surface area contributed by atoms with Crippen molar-refractivity contribution in [2.45, 2.75) is 30.9 Å². The van der Waals surface area contributed by atoms with Crippen molar-refractivity contribution in [3.63, 3.8) is 0 Å². The summed E-state index contributed by atoms with van der Waals surface area (Å²) in [6.07, 6.45) is 0.776. The van der Waals surface area contributed by atoms with E-state index in [0.29, 0.717) is 23.4 Å². The maximum atomic E-state index is 11.0. The van der Waals surface area contributed by atoms with Gasteiger partial charge in [0.15, 0.2) is 5.82 Å². The van der Waals surface area contributed by atoms with Gasteiger partial charge in [-0.25, -0.2) is 4.79 Å². The predicted molar refractivity (Wildman–Crippen MR) is 80.8 cm³/mol. The lowest BCUT2D eigenvalue weighted by Gasteiger charge is -2.02. The quantitative estimate of drug-likeness (QED) is 0.811. The third kappa shape index (κ3) is 4.47. The SMILES string of the molecule is CC(C)Cc1noc(CSc2ccc(Cl)c(C(=O)O)c2)n1. The van der Waals surface area contributed by atoms with Gasteiger partial charge in [0.2, 0.25) is 5.89 Å². The molecule has 2 rings (SSSR count). The number of aromatic nitrogens is 2. The van der Waals surface area contributed by atoms with Crippen LogP contribution in [0.4, 0.5) is 0 Å². The van der Waals surface area contributed by atoms with Crippen molar-refractivity contribution < 1.29 is 14.4 Å². The Morgan fingerprint density at radius 3 is 2.90 bits per heavy atom. The molecule has 1 aromatic heterocycles. The van der Waals surface area contributed by atoms with E-state index >= 15 is 0 Å². The molecule has 0 radical (unpaired) electrons. The first-order valence-corrected chi connectivity index (χ1v) is 7.79. The van der Waals surface area contributed by atoms with Crippen LogP contribution in [0.5, 0.6) is 0 Å². The van der Waals surface area contributed by atoms with E-state index in [2.05, 4.69) is 24.0 Å². The highest BCUT2D eigenvalue weighted by atomic mass is 35.5. The summed E-state index contributed by atoms with van der Waals surface area (Å²) in [4.78, 5) is 16.1. The topological polar surface area (TPSA) is 76.2 Å². The van der Waals surface area contributed by atoms with Crippen LogP contribution >= 0.6 is 23.4 Å². The standard InChI is InChI=1S/C14H15ClN2O3S/c1-8(2)5-12-16-13(20-17-12)7-21-9-3-4-11(15)10(6-9)14(18)19/h3-4,6,8H,5,7H2,1-2H3,(H,18,19). The Morgan fingerprint density at radius 1 is 1.48 bits per heavy atom. The van der Waals surface area contributed by atoms with Crippen molar-refractivity contribution in [2.75, 3.05) is 0 Å². The van der Waals surface area contributed by atoms with Crippen molar-refractivity contribution in [2.24, 2.45) is 5.92 Å². The average Bonchev–Trinajstić information content (AvgIpc) is 2.84. The summed E-state index contributed by atoms with van der Waals surface area (Å²) in [5.74, 6) is 1.15. The zero-order chi connectivity index (χ0) is 15.4. The molecule has 2 aromatic rings. The molecule has 1 N–H and O–H groups in total. The molecule has 112 valence electrons. The highest BCUT2D eigenvalue weighted by Crippen LogP contribution is 2.27. The number of rotatable bonds is 6. The molecule has 0 saturated heterocycles. The van der Waals surface area contributed by atoms with Gasteiger partial charge in [0.25, 0.3) is 0 Å². The fourth-order valence-corrected chi connectivity index (χ4v) is 2.67. The van der Waals surface area contributed by atoms with Crippen LogP contribution in [0.25, 0.3) is 0 Å². The van der Waals surface area contributed by atoms with Gasteiger partial charge in [0, 0.05) is 11.3 Å². The molecule has 0 unspecified atom stereocenters. The van der Waals surface area contributed by atoms with Gasteiger partial charge in [-0.1, -0.05) is 30.6 Å². The summed E-state index contributed by atoms with van der Waals surface area (Å²) in [7, 11) is 0. The Bertz CT molecular complexity index is 643. The van der Waals surface area contributed by atoms with Crippen LogP contribution in [0.3, 0.4) is 0 Å². The van der Waals surface area contributed by atoms with Gasteiger partial charge in [-0.15, -0.1) is 11.8 Å². The second-order valence-electron chi connectivity index (χ2n) is 4.94. The van der Waals surface area contributed by atoms with Crippen LogP contribution in [0.2, 0.25) is 5.02 Å². The molecule has 5 nitrogen and oxygen atoms in total. The van der Waals surface area contributed by atoms with Crippen molar-refractivity contribution in [3.8, 4) is 0 Å². The molecule has 0 atom stereocenters. The number of nitrogens with zero attached hydrogens (tertiary/aromatic N) is 2. The van der Waals surface area contributed by atoms with E-state index in [1.165, 1.54) is 11.8 Å². The van der Waals surface area contributed by atoms with Crippen LogP contribution in [0, 0.1) is 5.92 Å². The normalized spacial score (nSPS) is 11.0. The van der Waals surface area contributed by atoms with E-state index in [-0.39, 0.29) is 10.6 Å². The number of carboxylic acid groups (broad SMARTS) is 1. The minimum Gasteiger partial charge on any atom is -0.478 e. The number of hydrogen-bond acceptors (Lipinski definition) is 5. The van der Waals surface area contributed by atoms with Gasteiger partial charge in [-0.2, -0.15) is 4.98 Å². The van der Waals surface area contributed by atoms with Crippen LogP contribution in [0.15, 0.2) is 27.6 Å².